The van der Waals surface area contributed by atoms with Gasteiger partial charge in [-0.15, -0.1) is 6.58 Å². The van der Waals surface area contributed by atoms with E-state index in [-0.39, 0.29) is 6.10 Å². The summed E-state index contributed by atoms with van der Waals surface area (Å²) in [5, 5.41) is 0. The van der Waals surface area contributed by atoms with E-state index in [1.165, 1.54) is 30.4 Å². The molecule has 0 radical (unpaired) electrons. The van der Waals surface area contributed by atoms with Gasteiger partial charge in [-0.05, 0) is 44.1 Å². The summed E-state index contributed by atoms with van der Waals surface area (Å²) in [6.45, 7) is 13.3. The summed E-state index contributed by atoms with van der Waals surface area (Å²) in [4.78, 5) is 0. The maximum atomic E-state index is 5.56. The van der Waals surface area contributed by atoms with Gasteiger partial charge in [-0.25, -0.2) is 0 Å². The molecule has 1 unspecified atom stereocenters. The van der Waals surface area contributed by atoms with Crippen LogP contribution in [0.5, 0.6) is 0 Å². The fraction of sp³-hybridized carbons (Fsp3) is 0.625. The van der Waals surface area contributed by atoms with Gasteiger partial charge in [0.1, 0.15) is 0 Å². The van der Waals surface area contributed by atoms with Crippen LogP contribution >= 0.6 is 0 Å². The first-order chi connectivity index (χ1) is 7.97. The molecule has 96 valence electrons. The van der Waals surface area contributed by atoms with Crippen LogP contribution in [-0.4, -0.2) is 12.7 Å². The molecule has 17 heavy (non-hydrogen) atoms. The van der Waals surface area contributed by atoms with Gasteiger partial charge >= 0.3 is 0 Å². The van der Waals surface area contributed by atoms with Gasteiger partial charge in [0.25, 0.3) is 0 Å². The Bertz CT molecular complexity index is 320. The Morgan fingerprint density at radius 1 is 1.47 bits per heavy atom. The van der Waals surface area contributed by atoms with Crippen LogP contribution < -0.4 is 0 Å². The molecule has 1 rings (SSSR count). The first kappa shape index (κ1) is 14.2. The molecule has 0 bridgehead atoms. The molecule has 1 nitrogen and oxygen atoms in total. The highest BCUT2D eigenvalue weighted by atomic mass is 16.5. The second-order valence-corrected chi connectivity index (χ2v) is 5.62. The molecule has 0 aromatic heterocycles. The van der Waals surface area contributed by atoms with Gasteiger partial charge in [0.15, 0.2) is 0 Å². The average Bonchev–Trinajstić information content (AvgIpc) is 2.24. The Balaban J connectivity index is 2.71. The van der Waals surface area contributed by atoms with Crippen LogP contribution in [0, 0.1) is 5.41 Å². The third kappa shape index (κ3) is 4.16. The van der Waals surface area contributed by atoms with Crippen molar-refractivity contribution >= 4 is 0 Å². The van der Waals surface area contributed by atoms with Crippen LogP contribution in [0.25, 0.3) is 0 Å². The molecule has 1 aliphatic carbocycles. The van der Waals surface area contributed by atoms with Crippen molar-refractivity contribution in [3.8, 4) is 0 Å². The fourth-order valence-corrected chi connectivity index (χ4v) is 2.52. The van der Waals surface area contributed by atoms with E-state index in [0.29, 0.717) is 12.0 Å². The highest BCUT2D eigenvalue weighted by Crippen LogP contribution is 2.40. The van der Waals surface area contributed by atoms with Gasteiger partial charge in [-0.2, -0.15) is 0 Å². The minimum absolute atomic E-state index is 0.158. The van der Waals surface area contributed by atoms with Gasteiger partial charge in [-0.3, -0.25) is 0 Å². The average molecular weight is 234 g/mol. The molecule has 0 spiro atoms. The molecule has 0 aliphatic heterocycles. The zero-order chi connectivity index (χ0) is 12.9. The van der Waals surface area contributed by atoms with Gasteiger partial charge in [0.05, 0.1) is 12.7 Å². The lowest BCUT2D eigenvalue weighted by atomic mass is 9.72. The number of allylic oxidation sites excluding steroid dienone is 3. The van der Waals surface area contributed by atoms with E-state index in [2.05, 4.69) is 46.4 Å². The zero-order valence-electron chi connectivity index (χ0n) is 11.8. The number of hydrogen-bond acceptors (Lipinski definition) is 1. The van der Waals surface area contributed by atoms with E-state index in [0.717, 1.165) is 0 Å². The molecule has 0 saturated heterocycles. The monoisotopic (exact) mass is 234 g/mol. The minimum atomic E-state index is 0.158. The normalized spacial score (nSPS) is 21.9. The van der Waals surface area contributed by atoms with Crippen molar-refractivity contribution in [2.45, 2.75) is 53.1 Å². The van der Waals surface area contributed by atoms with Crippen LogP contribution in [0.2, 0.25) is 0 Å². The van der Waals surface area contributed by atoms with Crippen molar-refractivity contribution < 1.29 is 4.74 Å². The predicted octanol–water partition coefficient (Wildman–Crippen LogP) is 4.66. The molecule has 1 heteroatoms. The summed E-state index contributed by atoms with van der Waals surface area (Å²) in [6, 6.07) is 0. The lowest BCUT2D eigenvalue weighted by Gasteiger charge is -2.33. The molecule has 0 fully saturated rings. The third-order valence-corrected chi connectivity index (χ3v) is 3.55. The summed E-state index contributed by atoms with van der Waals surface area (Å²) in [7, 11) is 0. The Labute approximate surface area is 106 Å². The molecule has 1 aliphatic rings. The van der Waals surface area contributed by atoms with E-state index < -0.39 is 0 Å². The molecular weight excluding hydrogens is 208 g/mol. The zero-order valence-corrected chi connectivity index (χ0v) is 11.8. The number of hydrogen-bond donors (Lipinski definition) is 0. The van der Waals surface area contributed by atoms with Crippen molar-refractivity contribution in [3.63, 3.8) is 0 Å². The SMILES string of the molecule is C=CCOC(C)/C=C/C1=C(C)CCCC1(C)C. The van der Waals surface area contributed by atoms with Crippen LogP contribution in [0.3, 0.4) is 0 Å². The van der Waals surface area contributed by atoms with Gasteiger partial charge in [0, 0.05) is 0 Å². The van der Waals surface area contributed by atoms with Crippen molar-refractivity contribution in [2.75, 3.05) is 6.61 Å². The van der Waals surface area contributed by atoms with E-state index in [1.807, 2.05) is 0 Å². The highest BCUT2D eigenvalue weighted by Gasteiger charge is 2.26. The summed E-state index contributed by atoms with van der Waals surface area (Å²) in [6.07, 6.45) is 10.2. The van der Waals surface area contributed by atoms with Gasteiger partial charge < -0.3 is 4.74 Å². The van der Waals surface area contributed by atoms with Crippen LogP contribution in [0.15, 0.2) is 36.0 Å². The van der Waals surface area contributed by atoms with Crippen LogP contribution in [-0.2, 0) is 4.74 Å². The summed E-state index contributed by atoms with van der Waals surface area (Å²) in [5.41, 5.74) is 3.35. The smallest absolute Gasteiger partial charge is 0.0735 e. The predicted molar refractivity (Wildman–Crippen MR) is 75.1 cm³/mol. The van der Waals surface area contributed by atoms with E-state index >= 15 is 0 Å². The van der Waals surface area contributed by atoms with Gasteiger partial charge in [-0.1, -0.05) is 37.6 Å². The Morgan fingerprint density at radius 2 is 2.18 bits per heavy atom. The standard InChI is InChI=1S/C16H26O/c1-6-12-17-14(3)9-10-15-13(2)8-7-11-16(15,4)5/h6,9-10,14H,1,7-8,11-12H2,2-5H3/b10-9+. The Morgan fingerprint density at radius 3 is 2.76 bits per heavy atom. The molecule has 0 aromatic rings. The second-order valence-electron chi connectivity index (χ2n) is 5.62. The van der Waals surface area contributed by atoms with Gasteiger partial charge in [0.2, 0.25) is 0 Å². The molecule has 1 atom stereocenters. The summed E-state index contributed by atoms with van der Waals surface area (Å²) < 4.78 is 5.56. The first-order valence-corrected chi connectivity index (χ1v) is 6.58. The highest BCUT2D eigenvalue weighted by molar-refractivity contribution is 5.32. The van der Waals surface area contributed by atoms with Crippen LogP contribution in [0.1, 0.15) is 47.0 Å². The third-order valence-electron chi connectivity index (χ3n) is 3.55. The number of ether oxygens (including phenoxy) is 1. The quantitative estimate of drug-likeness (QED) is 0.629. The lowest BCUT2D eigenvalue weighted by molar-refractivity contribution is 0.123. The van der Waals surface area contributed by atoms with Crippen molar-refractivity contribution in [2.24, 2.45) is 5.41 Å². The second kappa shape index (κ2) is 6.20. The number of rotatable bonds is 5. The fourth-order valence-electron chi connectivity index (χ4n) is 2.52. The maximum absolute atomic E-state index is 5.56. The summed E-state index contributed by atoms with van der Waals surface area (Å²) in [5.74, 6) is 0. The van der Waals surface area contributed by atoms with Crippen LogP contribution in [0.4, 0.5) is 0 Å². The van der Waals surface area contributed by atoms with Crippen molar-refractivity contribution in [1.82, 2.24) is 0 Å². The minimum Gasteiger partial charge on any atom is -0.370 e. The maximum Gasteiger partial charge on any atom is 0.0735 e. The van der Waals surface area contributed by atoms with Crippen molar-refractivity contribution in [3.05, 3.63) is 36.0 Å². The molecule has 0 heterocycles. The molecule has 0 N–H and O–H groups in total. The Kier molecular flexibility index (Phi) is 5.20. The van der Waals surface area contributed by atoms with Crippen molar-refractivity contribution in [1.29, 1.82) is 0 Å². The topological polar surface area (TPSA) is 9.23 Å². The molecular formula is C16H26O. The van der Waals surface area contributed by atoms with E-state index in [9.17, 15) is 0 Å². The molecule has 0 aromatic carbocycles. The molecule has 0 saturated carbocycles. The largest absolute Gasteiger partial charge is 0.370 e. The van der Waals surface area contributed by atoms with E-state index in [1.54, 1.807) is 6.08 Å². The Hall–Kier alpha value is -0.820. The lowest BCUT2D eigenvalue weighted by Crippen LogP contribution is -2.19. The first-order valence-electron chi connectivity index (χ1n) is 6.58. The van der Waals surface area contributed by atoms with E-state index in [4.69, 9.17) is 4.74 Å². The molecule has 0 amide bonds. The summed E-state index contributed by atoms with van der Waals surface area (Å²) >= 11 is 0.